The molecule has 6 heteroatoms. The quantitative estimate of drug-likeness (QED) is 0.453. The first-order valence-electron chi connectivity index (χ1n) is 6.56. The first-order chi connectivity index (χ1) is 10.5. The lowest BCUT2D eigenvalue weighted by Gasteiger charge is -2.10. The molecule has 2 rings (SSSR count). The van der Waals surface area contributed by atoms with Crippen molar-refractivity contribution in [2.45, 2.75) is 13.3 Å². The smallest absolute Gasteiger partial charge is 0.349 e. The number of rotatable bonds is 5. The number of ether oxygens (including phenoxy) is 2. The molecule has 0 radical (unpaired) electrons. The van der Waals surface area contributed by atoms with Crippen LogP contribution in [0.1, 0.15) is 12.5 Å². The third kappa shape index (κ3) is 4.73. The summed E-state index contributed by atoms with van der Waals surface area (Å²) in [6.07, 6.45) is 0.915. The van der Waals surface area contributed by atoms with Crippen molar-refractivity contribution in [3.8, 4) is 11.5 Å². The van der Waals surface area contributed by atoms with Gasteiger partial charge in [-0.2, -0.15) is 0 Å². The van der Waals surface area contributed by atoms with Crippen molar-refractivity contribution in [2.24, 2.45) is 0 Å². The van der Waals surface area contributed by atoms with Gasteiger partial charge < -0.3 is 9.47 Å². The Labute approximate surface area is 150 Å². The third-order valence-corrected chi connectivity index (χ3v) is 4.28. The van der Waals surface area contributed by atoms with Crippen molar-refractivity contribution in [3.63, 3.8) is 0 Å². The molecule has 22 heavy (non-hydrogen) atoms. The van der Waals surface area contributed by atoms with Gasteiger partial charge in [0.25, 0.3) is 0 Å². The van der Waals surface area contributed by atoms with E-state index in [1.54, 1.807) is 24.3 Å². The van der Waals surface area contributed by atoms with E-state index in [1.807, 2.05) is 12.1 Å². The highest BCUT2D eigenvalue weighted by atomic mass is 79.9. The molecular formula is C16H13Br2ClO3. The van der Waals surface area contributed by atoms with Crippen molar-refractivity contribution >= 4 is 49.4 Å². The van der Waals surface area contributed by atoms with Crippen molar-refractivity contribution in [1.29, 1.82) is 0 Å². The highest BCUT2D eigenvalue weighted by molar-refractivity contribution is 9.10. The topological polar surface area (TPSA) is 35.5 Å². The maximum absolute atomic E-state index is 11.9. The average molecular weight is 449 g/mol. The third-order valence-electron chi connectivity index (χ3n) is 2.87. The van der Waals surface area contributed by atoms with E-state index >= 15 is 0 Å². The summed E-state index contributed by atoms with van der Waals surface area (Å²) in [6, 6.07) is 10.8. The summed E-state index contributed by atoms with van der Waals surface area (Å²) in [5, 5.41) is 0.427. The minimum atomic E-state index is -0.496. The van der Waals surface area contributed by atoms with E-state index in [-0.39, 0.29) is 6.61 Å². The predicted octanol–water partition coefficient (Wildman–Crippen LogP) is 5.41. The van der Waals surface area contributed by atoms with Gasteiger partial charge in [0.1, 0.15) is 11.5 Å². The van der Waals surface area contributed by atoms with Crippen molar-refractivity contribution < 1.29 is 14.3 Å². The van der Waals surface area contributed by atoms with Crippen LogP contribution >= 0.6 is 43.5 Å². The Kier molecular flexibility index (Phi) is 6.29. The molecule has 0 atom stereocenters. The summed E-state index contributed by atoms with van der Waals surface area (Å²) in [6.45, 7) is 1.84. The molecule has 2 aromatic rings. The van der Waals surface area contributed by atoms with Gasteiger partial charge in [0.2, 0.25) is 0 Å². The number of carbonyl (C=O) groups excluding carboxylic acids is 1. The first kappa shape index (κ1) is 17.3. The molecule has 0 bridgehead atoms. The number of hydrogen-bond donors (Lipinski definition) is 0. The Morgan fingerprint density at radius 3 is 2.50 bits per heavy atom. The lowest BCUT2D eigenvalue weighted by molar-refractivity contribution is -0.136. The molecule has 0 amide bonds. The van der Waals surface area contributed by atoms with Crippen LogP contribution in [0.5, 0.6) is 11.5 Å². The molecule has 0 aliphatic heterocycles. The predicted molar refractivity (Wildman–Crippen MR) is 93.8 cm³/mol. The number of halogens is 3. The standard InChI is InChI=1S/C16H13Br2ClO3/c1-2-10-3-5-14(12(18)7-10)22-16(20)9-21-15-6-4-11(17)8-13(15)19/h3-8H,2,9H2,1H3. The lowest BCUT2D eigenvalue weighted by atomic mass is 10.2. The Bertz CT molecular complexity index is 689. The summed E-state index contributed by atoms with van der Waals surface area (Å²) in [5.41, 5.74) is 1.16. The molecule has 0 fully saturated rings. The highest BCUT2D eigenvalue weighted by Crippen LogP contribution is 2.28. The molecule has 0 heterocycles. The van der Waals surface area contributed by atoms with Gasteiger partial charge >= 0.3 is 5.97 Å². The number of hydrogen-bond acceptors (Lipinski definition) is 3. The molecule has 2 aromatic carbocycles. The largest absolute Gasteiger partial charge is 0.480 e. The average Bonchev–Trinajstić information content (AvgIpc) is 2.48. The van der Waals surface area contributed by atoms with Crippen LogP contribution in [0.2, 0.25) is 5.02 Å². The maximum atomic E-state index is 11.9. The summed E-state index contributed by atoms with van der Waals surface area (Å²) in [5.74, 6) is 0.402. The van der Waals surface area contributed by atoms with Crippen molar-refractivity contribution in [2.75, 3.05) is 6.61 Å². The molecule has 0 spiro atoms. The van der Waals surface area contributed by atoms with Crippen LogP contribution in [0.4, 0.5) is 0 Å². The summed E-state index contributed by atoms with van der Waals surface area (Å²) in [7, 11) is 0. The summed E-state index contributed by atoms with van der Waals surface area (Å²) < 4.78 is 12.2. The van der Waals surface area contributed by atoms with Crippen LogP contribution < -0.4 is 9.47 Å². The molecule has 0 aromatic heterocycles. The van der Waals surface area contributed by atoms with Gasteiger partial charge in [-0.15, -0.1) is 0 Å². The SMILES string of the molecule is CCc1ccc(OC(=O)COc2ccc(Br)cc2Cl)c(Br)c1. The van der Waals surface area contributed by atoms with Gasteiger partial charge in [0, 0.05) is 4.47 Å². The molecule has 0 aliphatic rings. The number of aryl methyl sites for hydroxylation is 1. The van der Waals surface area contributed by atoms with Gasteiger partial charge in [-0.3, -0.25) is 0 Å². The summed E-state index contributed by atoms with van der Waals surface area (Å²) in [4.78, 5) is 11.9. The maximum Gasteiger partial charge on any atom is 0.349 e. The normalized spacial score (nSPS) is 10.4. The van der Waals surface area contributed by atoms with E-state index in [1.165, 1.54) is 0 Å². The van der Waals surface area contributed by atoms with E-state index in [0.29, 0.717) is 16.5 Å². The zero-order chi connectivity index (χ0) is 16.1. The molecule has 0 saturated carbocycles. The van der Waals surface area contributed by atoms with Crippen LogP contribution in [0.25, 0.3) is 0 Å². The zero-order valence-electron chi connectivity index (χ0n) is 11.7. The number of esters is 1. The Balaban J connectivity index is 1.95. The van der Waals surface area contributed by atoms with Crippen LogP contribution in [0.3, 0.4) is 0 Å². The van der Waals surface area contributed by atoms with E-state index in [9.17, 15) is 4.79 Å². The monoisotopic (exact) mass is 446 g/mol. The fraction of sp³-hybridized carbons (Fsp3) is 0.188. The Morgan fingerprint density at radius 2 is 1.86 bits per heavy atom. The second-order valence-electron chi connectivity index (χ2n) is 4.46. The molecule has 0 unspecified atom stereocenters. The summed E-state index contributed by atoms with van der Waals surface area (Å²) >= 11 is 12.7. The lowest BCUT2D eigenvalue weighted by Crippen LogP contribution is -2.18. The fourth-order valence-electron chi connectivity index (χ4n) is 1.73. The van der Waals surface area contributed by atoms with Gasteiger partial charge in [-0.05, 0) is 58.2 Å². The molecular weight excluding hydrogens is 435 g/mol. The van der Waals surface area contributed by atoms with Gasteiger partial charge in [-0.1, -0.05) is 40.5 Å². The van der Waals surface area contributed by atoms with Crippen LogP contribution in [-0.2, 0) is 11.2 Å². The number of benzene rings is 2. The molecule has 116 valence electrons. The van der Waals surface area contributed by atoms with E-state index in [0.717, 1.165) is 20.9 Å². The Hall–Kier alpha value is -1.04. The zero-order valence-corrected chi connectivity index (χ0v) is 15.7. The van der Waals surface area contributed by atoms with Crippen LogP contribution in [0, 0.1) is 0 Å². The van der Waals surface area contributed by atoms with E-state index in [4.69, 9.17) is 21.1 Å². The number of carbonyl (C=O) groups is 1. The minimum absolute atomic E-state index is 0.219. The fourth-order valence-corrected chi connectivity index (χ4v) is 2.96. The van der Waals surface area contributed by atoms with Crippen LogP contribution in [0.15, 0.2) is 45.3 Å². The minimum Gasteiger partial charge on any atom is -0.480 e. The van der Waals surface area contributed by atoms with Crippen molar-refractivity contribution in [3.05, 3.63) is 55.9 Å². The van der Waals surface area contributed by atoms with Gasteiger partial charge in [-0.25, -0.2) is 4.79 Å². The van der Waals surface area contributed by atoms with Gasteiger partial charge in [0.05, 0.1) is 9.50 Å². The second-order valence-corrected chi connectivity index (χ2v) is 6.63. The van der Waals surface area contributed by atoms with E-state index < -0.39 is 5.97 Å². The molecule has 0 saturated heterocycles. The molecule has 3 nitrogen and oxygen atoms in total. The van der Waals surface area contributed by atoms with Crippen LogP contribution in [-0.4, -0.2) is 12.6 Å². The molecule has 0 aliphatic carbocycles. The highest BCUT2D eigenvalue weighted by Gasteiger charge is 2.11. The first-order valence-corrected chi connectivity index (χ1v) is 8.53. The Morgan fingerprint density at radius 1 is 1.14 bits per heavy atom. The van der Waals surface area contributed by atoms with Gasteiger partial charge in [0.15, 0.2) is 6.61 Å². The van der Waals surface area contributed by atoms with E-state index in [2.05, 4.69) is 38.8 Å². The molecule has 0 N–H and O–H groups in total. The van der Waals surface area contributed by atoms with Crippen molar-refractivity contribution in [1.82, 2.24) is 0 Å². The second kappa shape index (κ2) is 7.99.